The smallest absolute Gasteiger partial charge is 0.311 e. The first-order chi connectivity index (χ1) is 9.64. The number of rotatable bonds is 4. The van der Waals surface area contributed by atoms with Gasteiger partial charge in [0.25, 0.3) is 0 Å². The maximum absolute atomic E-state index is 12.1. The Balaban J connectivity index is 1.91. The Labute approximate surface area is 120 Å². The predicted molar refractivity (Wildman–Crippen MR) is 76.4 cm³/mol. The highest BCUT2D eigenvalue weighted by Gasteiger charge is 2.39. The summed E-state index contributed by atoms with van der Waals surface area (Å²) in [4.78, 5) is 23.8. The lowest BCUT2D eigenvalue weighted by atomic mass is 9.80. The molecule has 5 nitrogen and oxygen atoms in total. The minimum atomic E-state index is -0.753. The van der Waals surface area contributed by atoms with Crippen molar-refractivity contribution in [3.05, 3.63) is 0 Å². The first-order valence-electron chi connectivity index (χ1n) is 7.89. The molecule has 1 amide bonds. The molecule has 0 spiro atoms. The average Bonchev–Trinajstić information content (AvgIpc) is 2.72. The van der Waals surface area contributed by atoms with Gasteiger partial charge in [-0.1, -0.05) is 32.1 Å². The van der Waals surface area contributed by atoms with Crippen LogP contribution in [0.25, 0.3) is 0 Å². The fraction of sp³-hybridized carbons (Fsp3) is 0.867. The quantitative estimate of drug-likeness (QED) is 0.685. The molecule has 0 aromatic carbocycles. The van der Waals surface area contributed by atoms with Gasteiger partial charge < -0.3 is 15.7 Å². The summed E-state index contributed by atoms with van der Waals surface area (Å²) in [6.45, 7) is 1.15. The van der Waals surface area contributed by atoms with Gasteiger partial charge in [-0.3, -0.25) is 9.59 Å². The van der Waals surface area contributed by atoms with E-state index >= 15 is 0 Å². The van der Waals surface area contributed by atoms with Crippen LogP contribution in [0.2, 0.25) is 0 Å². The lowest BCUT2D eigenvalue weighted by molar-refractivity contribution is -0.149. The van der Waals surface area contributed by atoms with Gasteiger partial charge in [0, 0.05) is 6.54 Å². The Hall–Kier alpha value is -1.10. The van der Waals surface area contributed by atoms with Gasteiger partial charge in [0.15, 0.2) is 0 Å². The van der Waals surface area contributed by atoms with Gasteiger partial charge in [-0.25, -0.2) is 0 Å². The molecule has 2 fully saturated rings. The van der Waals surface area contributed by atoms with Crippen molar-refractivity contribution in [2.45, 2.75) is 63.8 Å². The van der Waals surface area contributed by atoms with Crippen LogP contribution in [0.5, 0.6) is 0 Å². The number of amides is 1. The lowest BCUT2D eigenvalue weighted by Crippen LogP contribution is -2.50. The summed E-state index contributed by atoms with van der Waals surface area (Å²) in [6.07, 6.45) is 8.50. The summed E-state index contributed by atoms with van der Waals surface area (Å²) >= 11 is 0. The van der Waals surface area contributed by atoms with Gasteiger partial charge in [-0.05, 0) is 32.2 Å². The molecule has 0 aromatic rings. The summed E-state index contributed by atoms with van der Waals surface area (Å²) in [5.74, 6) is -0.786. The fourth-order valence-corrected chi connectivity index (χ4v) is 3.33. The molecule has 1 heterocycles. The molecule has 1 aliphatic heterocycles. The lowest BCUT2D eigenvalue weighted by Gasteiger charge is -2.30. The summed E-state index contributed by atoms with van der Waals surface area (Å²) in [7, 11) is 0. The molecule has 0 unspecified atom stereocenters. The number of nitrogens with one attached hydrogen (secondary N) is 2. The molecule has 2 rings (SSSR count). The molecule has 2 aliphatic rings. The Morgan fingerprint density at radius 2 is 1.80 bits per heavy atom. The highest BCUT2D eigenvalue weighted by atomic mass is 16.4. The Kier molecular flexibility index (Phi) is 5.40. The molecule has 20 heavy (non-hydrogen) atoms. The topological polar surface area (TPSA) is 78.4 Å². The molecule has 114 valence electrons. The third-order valence-electron chi connectivity index (χ3n) is 4.74. The van der Waals surface area contributed by atoms with Crippen molar-refractivity contribution in [1.82, 2.24) is 10.6 Å². The second kappa shape index (κ2) is 7.07. The van der Waals surface area contributed by atoms with Crippen LogP contribution < -0.4 is 10.6 Å². The van der Waals surface area contributed by atoms with E-state index in [4.69, 9.17) is 0 Å². The van der Waals surface area contributed by atoms with E-state index in [0.717, 1.165) is 51.5 Å². The van der Waals surface area contributed by atoms with Crippen molar-refractivity contribution < 1.29 is 14.7 Å². The highest BCUT2D eigenvalue weighted by Crippen LogP contribution is 2.34. The van der Waals surface area contributed by atoms with Crippen LogP contribution in [0.1, 0.15) is 57.8 Å². The van der Waals surface area contributed by atoms with Crippen molar-refractivity contribution in [2.75, 3.05) is 13.1 Å². The van der Waals surface area contributed by atoms with Crippen LogP contribution in [-0.2, 0) is 9.59 Å². The summed E-state index contributed by atoms with van der Waals surface area (Å²) < 4.78 is 0. The number of carboxylic acid groups (broad SMARTS) is 1. The summed E-state index contributed by atoms with van der Waals surface area (Å²) in [5.41, 5.74) is -0.749. The zero-order valence-electron chi connectivity index (χ0n) is 12.1. The van der Waals surface area contributed by atoms with E-state index in [1.807, 2.05) is 0 Å². The second-order valence-corrected chi connectivity index (χ2v) is 6.22. The SMILES string of the molecule is O=C(NCC1(C(=O)O)CCCCCC1)[C@H]1CCCCN1. The van der Waals surface area contributed by atoms with Crippen molar-refractivity contribution in [1.29, 1.82) is 0 Å². The summed E-state index contributed by atoms with van der Waals surface area (Å²) in [5, 5.41) is 15.7. The molecule has 0 radical (unpaired) electrons. The van der Waals surface area contributed by atoms with Crippen molar-refractivity contribution >= 4 is 11.9 Å². The van der Waals surface area contributed by atoms with Gasteiger partial charge in [-0.15, -0.1) is 0 Å². The Bertz CT molecular complexity index is 343. The fourth-order valence-electron chi connectivity index (χ4n) is 3.33. The van der Waals surface area contributed by atoms with Crippen molar-refractivity contribution in [3.63, 3.8) is 0 Å². The van der Waals surface area contributed by atoms with Crippen molar-refractivity contribution in [2.24, 2.45) is 5.41 Å². The van der Waals surface area contributed by atoms with Gasteiger partial charge in [-0.2, -0.15) is 0 Å². The largest absolute Gasteiger partial charge is 0.481 e. The molecule has 1 saturated carbocycles. The maximum atomic E-state index is 12.1. The van der Waals surface area contributed by atoms with Crippen LogP contribution in [-0.4, -0.2) is 36.1 Å². The first-order valence-corrected chi connectivity index (χ1v) is 7.89. The van der Waals surface area contributed by atoms with E-state index in [9.17, 15) is 14.7 Å². The van der Waals surface area contributed by atoms with Crippen molar-refractivity contribution in [3.8, 4) is 0 Å². The van der Waals surface area contributed by atoms with Gasteiger partial charge in [0.05, 0.1) is 11.5 Å². The van der Waals surface area contributed by atoms with Crippen LogP contribution in [0.3, 0.4) is 0 Å². The molecule has 5 heteroatoms. The Morgan fingerprint density at radius 3 is 2.35 bits per heavy atom. The van der Waals surface area contributed by atoms with Crippen LogP contribution in [0, 0.1) is 5.41 Å². The third kappa shape index (κ3) is 3.72. The molecule has 0 bridgehead atoms. The molecular weight excluding hydrogens is 256 g/mol. The molecule has 1 atom stereocenters. The number of hydrogen-bond donors (Lipinski definition) is 3. The van der Waals surface area contributed by atoms with E-state index in [2.05, 4.69) is 10.6 Å². The normalized spacial score (nSPS) is 26.5. The number of aliphatic carboxylic acids is 1. The van der Waals surface area contributed by atoms with Gasteiger partial charge in [0.1, 0.15) is 0 Å². The van der Waals surface area contributed by atoms with Crippen LogP contribution >= 0.6 is 0 Å². The van der Waals surface area contributed by atoms with Gasteiger partial charge >= 0.3 is 5.97 Å². The van der Waals surface area contributed by atoms with E-state index in [1.54, 1.807) is 0 Å². The zero-order valence-corrected chi connectivity index (χ0v) is 12.1. The maximum Gasteiger partial charge on any atom is 0.311 e. The monoisotopic (exact) mass is 282 g/mol. The number of carbonyl (C=O) groups is 2. The predicted octanol–water partition coefficient (Wildman–Crippen LogP) is 1.67. The minimum absolute atomic E-state index is 0.0328. The third-order valence-corrected chi connectivity index (χ3v) is 4.74. The number of piperidine rings is 1. The van der Waals surface area contributed by atoms with Crippen LogP contribution in [0.15, 0.2) is 0 Å². The second-order valence-electron chi connectivity index (χ2n) is 6.22. The molecule has 1 aliphatic carbocycles. The molecule has 0 aromatic heterocycles. The van der Waals surface area contributed by atoms with E-state index < -0.39 is 11.4 Å². The number of carbonyl (C=O) groups excluding carboxylic acids is 1. The average molecular weight is 282 g/mol. The number of carboxylic acids is 1. The first kappa shape index (κ1) is 15.3. The molecular formula is C15H26N2O3. The van der Waals surface area contributed by atoms with E-state index in [0.29, 0.717) is 12.8 Å². The minimum Gasteiger partial charge on any atom is -0.481 e. The van der Waals surface area contributed by atoms with E-state index in [-0.39, 0.29) is 18.5 Å². The number of hydrogen-bond acceptors (Lipinski definition) is 3. The standard InChI is InChI=1S/C15H26N2O3/c18-13(12-7-3-6-10-16-12)17-11-15(14(19)20)8-4-1-2-5-9-15/h12,16H,1-11H2,(H,17,18)(H,19,20)/t12-/m1/s1. The molecule has 1 saturated heterocycles. The van der Waals surface area contributed by atoms with E-state index in [1.165, 1.54) is 0 Å². The van der Waals surface area contributed by atoms with Gasteiger partial charge in [0.2, 0.25) is 5.91 Å². The summed E-state index contributed by atoms with van der Waals surface area (Å²) in [6, 6.07) is -0.139. The van der Waals surface area contributed by atoms with Crippen LogP contribution in [0.4, 0.5) is 0 Å². The highest BCUT2D eigenvalue weighted by molar-refractivity contribution is 5.83. The Morgan fingerprint density at radius 1 is 1.10 bits per heavy atom. The zero-order chi connectivity index (χ0) is 14.4. The molecule has 3 N–H and O–H groups in total.